The average molecular weight is 334 g/mol. The van der Waals surface area contributed by atoms with Gasteiger partial charge >= 0.3 is 0 Å². The zero-order chi connectivity index (χ0) is 17.8. The first-order valence-corrected chi connectivity index (χ1v) is 8.51. The number of aromatic nitrogens is 1. The number of nitrogens with one attached hydrogen (secondary N) is 1. The lowest BCUT2D eigenvalue weighted by molar-refractivity contribution is -0.130. The minimum atomic E-state index is -0.143. The zero-order valence-electron chi connectivity index (χ0n) is 14.6. The summed E-state index contributed by atoms with van der Waals surface area (Å²) in [5.74, 6) is -0.0503. The Labute approximate surface area is 147 Å². The molecule has 2 aromatic carbocycles. The summed E-state index contributed by atoms with van der Waals surface area (Å²) < 4.78 is 0. The molecule has 3 rings (SSSR count). The molecule has 0 saturated heterocycles. The van der Waals surface area contributed by atoms with Crippen LogP contribution in [0, 0.1) is 0 Å². The maximum atomic E-state index is 12.4. The van der Waals surface area contributed by atoms with Gasteiger partial charge in [0.25, 0.3) is 5.56 Å². The van der Waals surface area contributed by atoms with Crippen LogP contribution in [0.4, 0.5) is 0 Å². The molecule has 0 bridgehead atoms. The van der Waals surface area contributed by atoms with E-state index in [9.17, 15) is 9.59 Å². The highest BCUT2D eigenvalue weighted by Gasteiger charge is 2.13. The fraction of sp³-hybridized carbons (Fsp3) is 0.238. The van der Waals surface area contributed by atoms with E-state index in [0.717, 1.165) is 22.9 Å². The molecule has 128 valence electrons. The quantitative estimate of drug-likeness (QED) is 0.774. The summed E-state index contributed by atoms with van der Waals surface area (Å²) in [7, 11) is 0. The molecule has 0 spiro atoms. The Kier molecular flexibility index (Phi) is 4.98. The van der Waals surface area contributed by atoms with Crippen molar-refractivity contribution in [1.82, 2.24) is 9.88 Å². The Morgan fingerprint density at radius 2 is 1.76 bits per heavy atom. The fourth-order valence-electron chi connectivity index (χ4n) is 2.93. The molecule has 0 aliphatic carbocycles. The van der Waals surface area contributed by atoms with Crippen LogP contribution in [0.3, 0.4) is 0 Å². The van der Waals surface area contributed by atoms with Crippen molar-refractivity contribution >= 4 is 16.8 Å². The normalized spacial score (nSPS) is 10.8. The highest BCUT2D eigenvalue weighted by atomic mass is 16.2. The lowest BCUT2D eigenvalue weighted by Crippen LogP contribution is -2.30. The number of hydrogen-bond acceptors (Lipinski definition) is 2. The van der Waals surface area contributed by atoms with E-state index >= 15 is 0 Å². The molecule has 0 fully saturated rings. The van der Waals surface area contributed by atoms with Gasteiger partial charge in [0.1, 0.15) is 0 Å². The Morgan fingerprint density at radius 3 is 2.44 bits per heavy atom. The number of carbonyl (C=O) groups excluding carboxylic acids is 1. The summed E-state index contributed by atoms with van der Waals surface area (Å²) in [4.78, 5) is 29.1. The molecule has 1 aromatic heterocycles. The van der Waals surface area contributed by atoms with Gasteiger partial charge in [-0.25, -0.2) is 0 Å². The third-order valence-electron chi connectivity index (χ3n) is 4.42. The molecule has 1 amide bonds. The van der Waals surface area contributed by atoms with E-state index in [1.807, 2.05) is 48.5 Å². The number of aryl methyl sites for hydroxylation is 1. The molecular formula is C21H22N2O2. The highest BCUT2D eigenvalue weighted by Crippen LogP contribution is 2.16. The van der Waals surface area contributed by atoms with Crippen molar-refractivity contribution in [2.75, 3.05) is 0 Å². The van der Waals surface area contributed by atoms with Crippen molar-refractivity contribution in [3.05, 3.63) is 81.6 Å². The number of aromatic amines is 1. The lowest BCUT2D eigenvalue weighted by atomic mass is 10.1. The number of rotatable bonds is 5. The molecule has 0 aliphatic rings. The molecular weight excluding hydrogens is 312 g/mol. The van der Waals surface area contributed by atoms with Crippen LogP contribution in [0.1, 0.15) is 30.5 Å². The van der Waals surface area contributed by atoms with Crippen molar-refractivity contribution < 1.29 is 4.79 Å². The van der Waals surface area contributed by atoms with Gasteiger partial charge in [-0.1, -0.05) is 43.3 Å². The number of carbonyl (C=O) groups is 1. The van der Waals surface area contributed by atoms with Crippen molar-refractivity contribution in [2.45, 2.75) is 33.4 Å². The molecule has 0 saturated carbocycles. The third-order valence-corrected chi connectivity index (χ3v) is 4.42. The van der Waals surface area contributed by atoms with Crippen LogP contribution in [0.15, 0.2) is 59.4 Å². The van der Waals surface area contributed by atoms with Crippen LogP contribution in [0.25, 0.3) is 10.9 Å². The maximum absolute atomic E-state index is 12.4. The van der Waals surface area contributed by atoms with E-state index < -0.39 is 0 Å². The molecule has 25 heavy (non-hydrogen) atoms. The molecule has 1 heterocycles. The Morgan fingerprint density at radius 1 is 1.00 bits per heavy atom. The van der Waals surface area contributed by atoms with Crippen molar-refractivity contribution in [3.63, 3.8) is 0 Å². The van der Waals surface area contributed by atoms with Crippen molar-refractivity contribution in [3.8, 4) is 0 Å². The first kappa shape index (κ1) is 17.0. The highest BCUT2D eigenvalue weighted by molar-refractivity contribution is 5.80. The number of nitrogens with zero attached hydrogens (tertiary/aromatic N) is 1. The summed E-state index contributed by atoms with van der Waals surface area (Å²) >= 11 is 0. The summed E-state index contributed by atoms with van der Waals surface area (Å²) in [6, 6.07) is 17.7. The van der Waals surface area contributed by atoms with Gasteiger partial charge in [0.2, 0.25) is 5.91 Å². The zero-order valence-corrected chi connectivity index (χ0v) is 14.6. The van der Waals surface area contributed by atoms with Crippen LogP contribution in [0.5, 0.6) is 0 Å². The van der Waals surface area contributed by atoms with Gasteiger partial charge in [0, 0.05) is 24.5 Å². The smallest absolute Gasteiger partial charge is 0.253 e. The first-order valence-electron chi connectivity index (χ1n) is 8.51. The average Bonchev–Trinajstić information content (AvgIpc) is 2.62. The van der Waals surface area contributed by atoms with Gasteiger partial charge in [-0.15, -0.1) is 0 Å². The predicted molar refractivity (Wildman–Crippen MR) is 100 cm³/mol. The Bertz CT molecular complexity index is 945. The van der Waals surface area contributed by atoms with Crippen molar-refractivity contribution in [1.29, 1.82) is 0 Å². The number of amides is 1. The lowest BCUT2D eigenvalue weighted by Gasteiger charge is -2.21. The van der Waals surface area contributed by atoms with E-state index in [4.69, 9.17) is 0 Å². The van der Waals surface area contributed by atoms with E-state index in [1.54, 1.807) is 4.90 Å². The van der Waals surface area contributed by atoms with Crippen LogP contribution >= 0.6 is 0 Å². The largest absolute Gasteiger partial charge is 0.334 e. The number of H-pyrrole nitrogens is 1. The number of hydrogen-bond donors (Lipinski definition) is 1. The topological polar surface area (TPSA) is 53.2 Å². The second-order valence-electron chi connectivity index (χ2n) is 6.26. The maximum Gasteiger partial charge on any atom is 0.253 e. The van der Waals surface area contributed by atoms with Crippen LogP contribution in [-0.2, 0) is 24.3 Å². The van der Waals surface area contributed by atoms with E-state index in [2.05, 4.69) is 18.0 Å². The Hall–Kier alpha value is -2.88. The molecule has 0 atom stereocenters. The molecule has 4 heteroatoms. The minimum Gasteiger partial charge on any atom is -0.334 e. The Balaban J connectivity index is 1.92. The van der Waals surface area contributed by atoms with E-state index in [1.165, 1.54) is 12.5 Å². The summed E-state index contributed by atoms with van der Waals surface area (Å²) in [5.41, 5.74) is 3.55. The second kappa shape index (κ2) is 7.34. The van der Waals surface area contributed by atoms with Crippen LogP contribution < -0.4 is 5.56 Å². The SMILES string of the molecule is CCc1ccc2[nH]c(=O)c(CN(Cc3ccccc3)C(C)=O)cc2c1. The predicted octanol–water partition coefficient (Wildman–Crippen LogP) is 3.64. The molecule has 0 unspecified atom stereocenters. The van der Waals surface area contributed by atoms with E-state index in [-0.39, 0.29) is 11.5 Å². The molecule has 1 N–H and O–H groups in total. The van der Waals surface area contributed by atoms with Gasteiger partial charge in [0.15, 0.2) is 0 Å². The standard InChI is InChI=1S/C21H22N2O2/c1-3-16-9-10-20-18(11-16)12-19(21(25)22-20)14-23(15(2)24)13-17-7-5-4-6-8-17/h4-12H,3,13-14H2,1-2H3,(H,22,25). The van der Waals surface area contributed by atoms with Gasteiger partial charge in [-0.3, -0.25) is 9.59 Å². The number of fused-ring (bicyclic) bond motifs is 1. The number of pyridine rings is 1. The van der Waals surface area contributed by atoms with Gasteiger partial charge < -0.3 is 9.88 Å². The summed E-state index contributed by atoms with van der Waals surface area (Å²) in [6.45, 7) is 4.42. The fourth-order valence-corrected chi connectivity index (χ4v) is 2.93. The molecule has 0 radical (unpaired) electrons. The molecule has 3 aromatic rings. The summed E-state index contributed by atoms with van der Waals surface area (Å²) in [5, 5.41) is 0.997. The van der Waals surface area contributed by atoms with Gasteiger partial charge in [0.05, 0.1) is 6.54 Å². The number of benzene rings is 2. The molecule has 0 aliphatic heterocycles. The van der Waals surface area contributed by atoms with Crippen molar-refractivity contribution in [2.24, 2.45) is 0 Å². The second-order valence-corrected chi connectivity index (χ2v) is 6.26. The van der Waals surface area contributed by atoms with Crippen LogP contribution in [-0.4, -0.2) is 15.8 Å². The monoisotopic (exact) mass is 334 g/mol. The molecule has 4 nitrogen and oxygen atoms in total. The third kappa shape index (κ3) is 3.97. The van der Waals surface area contributed by atoms with Gasteiger partial charge in [-0.2, -0.15) is 0 Å². The first-order chi connectivity index (χ1) is 12.1. The van der Waals surface area contributed by atoms with Gasteiger partial charge in [-0.05, 0) is 41.1 Å². The van der Waals surface area contributed by atoms with E-state index in [0.29, 0.717) is 18.7 Å². The summed E-state index contributed by atoms with van der Waals surface area (Å²) in [6.07, 6.45) is 0.942. The minimum absolute atomic E-state index is 0.0503. The van der Waals surface area contributed by atoms with Crippen LogP contribution in [0.2, 0.25) is 0 Å².